The maximum atomic E-state index is 5.95. The van der Waals surface area contributed by atoms with Gasteiger partial charge in [-0.3, -0.25) is 4.98 Å². The Morgan fingerprint density at radius 1 is 0.972 bits per heavy atom. The third-order valence-electron chi connectivity index (χ3n) is 7.14. The van der Waals surface area contributed by atoms with Gasteiger partial charge in [0, 0.05) is 48.7 Å². The molecule has 1 fully saturated rings. The molecule has 0 amide bonds. The van der Waals surface area contributed by atoms with Crippen molar-refractivity contribution in [3.05, 3.63) is 107 Å². The summed E-state index contributed by atoms with van der Waals surface area (Å²) >= 11 is 5.95. The molecule has 5 rings (SSSR count). The number of hydrogen-bond acceptors (Lipinski definition) is 3. The summed E-state index contributed by atoms with van der Waals surface area (Å²) in [5.74, 6) is 0. The van der Waals surface area contributed by atoms with Gasteiger partial charge >= 0.3 is 0 Å². The molecule has 3 heterocycles. The van der Waals surface area contributed by atoms with Crippen molar-refractivity contribution >= 4 is 28.7 Å². The van der Waals surface area contributed by atoms with Crippen molar-refractivity contribution in [3.63, 3.8) is 0 Å². The first-order chi connectivity index (χ1) is 17.4. The van der Waals surface area contributed by atoms with Crippen LogP contribution in [0.1, 0.15) is 47.2 Å². The number of hydrogen-bond donors (Lipinski definition) is 1. The standard InChI is InChI=1S/C30H33N5S/c1-6-22-11-7-8-13-27(22)34-20(2)19-25(21(34)3)29-28(26-12-9-10-18-31-26)32-30(36)35(29)24-16-14-23(15-17-24)33(4)5/h7-19,28-29H,6H2,1-5H3,(H,32,36)/t28-,29-/m1/s1. The van der Waals surface area contributed by atoms with E-state index in [9.17, 15) is 0 Å². The number of thiocarbonyl (C=S) groups is 1. The Morgan fingerprint density at radius 3 is 2.36 bits per heavy atom. The Balaban J connectivity index is 1.67. The first kappa shape index (κ1) is 24.1. The highest BCUT2D eigenvalue weighted by Gasteiger charge is 2.42. The molecule has 0 bridgehead atoms. The molecule has 1 aliphatic rings. The Kier molecular flexibility index (Phi) is 6.54. The maximum Gasteiger partial charge on any atom is 0.174 e. The smallest absolute Gasteiger partial charge is 0.174 e. The summed E-state index contributed by atoms with van der Waals surface area (Å²) in [4.78, 5) is 9.08. The first-order valence-electron chi connectivity index (χ1n) is 12.5. The van der Waals surface area contributed by atoms with Gasteiger partial charge in [0.25, 0.3) is 0 Å². The van der Waals surface area contributed by atoms with Crippen LogP contribution in [-0.2, 0) is 6.42 Å². The summed E-state index contributed by atoms with van der Waals surface area (Å²) < 4.78 is 2.39. The lowest BCUT2D eigenvalue weighted by Crippen LogP contribution is -2.29. The minimum absolute atomic E-state index is 0.0358. The van der Waals surface area contributed by atoms with E-state index in [1.165, 1.54) is 28.2 Å². The number of pyridine rings is 1. The molecule has 4 aromatic rings. The van der Waals surface area contributed by atoms with E-state index in [1.807, 2.05) is 18.3 Å². The van der Waals surface area contributed by atoms with E-state index in [-0.39, 0.29) is 12.1 Å². The SMILES string of the molecule is CCc1ccccc1-n1c(C)cc([C@@H]2[C@@H](c3ccccn3)NC(=S)N2c2ccc(N(C)C)cc2)c1C. The van der Waals surface area contributed by atoms with Gasteiger partial charge in [-0.2, -0.15) is 0 Å². The van der Waals surface area contributed by atoms with Gasteiger partial charge in [-0.15, -0.1) is 0 Å². The largest absolute Gasteiger partial charge is 0.378 e. The fourth-order valence-electron chi connectivity index (χ4n) is 5.35. The Morgan fingerprint density at radius 2 is 1.69 bits per heavy atom. The van der Waals surface area contributed by atoms with Crippen LogP contribution in [-0.4, -0.2) is 28.8 Å². The predicted octanol–water partition coefficient (Wildman–Crippen LogP) is 6.29. The highest BCUT2D eigenvalue weighted by Crippen LogP contribution is 2.44. The van der Waals surface area contributed by atoms with Crippen LogP contribution in [0, 0.1) is 13.8 Å². The van der Waals surface area contributed by atoms with Gasteiger partial charge in [-0.05, 0) is 92.1 Å². The summed E-state index contributed by atoms with van der Waals surface area (Å²) in [5, 5.41) is 4.31. The molecule has 0 spiro atoms. The number of rotatable bonds is 6. The van der Waals surface area contributed by atoms with Gasteiger partial charge < -0.3 is 19.7 Å². The second kappa shape index (κ2) is 9.78. The van der Waals surface area contributed by atoms with Crippen LogP contribution < -0.4 is 15.1 Å². The fraction of sp³-hybridized carbons (Fsp3) is 0.267. The van der Waals surface area contributed by atoms with Crippen molar-refractivity contribution in [1.29, 1.82) is 0 Å². The van der Waals surface area contributed by atoms with Crippen LogP contribution in [0.3, 0.4) is 0 Å². The predicted molar refractivity (Wildman–Crippen MR) is 153 cm³/mol. The lowest BCUT2D eigenvalue weighted by Gasteiger charge is -2.28. The summed E-state index contributed by atoms with van der Waals surface area (Å²) in [6.45, 7) is 6.62. The normalized spacial score (nSPS) is 17.4. The number of benzene rings is 2. The molecular formula is C30H33N5S. The highest BCUT2D eigenvalue weighted by molar-refractivity contribution is 7.80. The molecule has 36 heavy (non-hydrogen) atoms. The maximum absolute atomic E-state index is 5.95. The number of anilines is 2. The first-order valence-corrected chi connectivity index (χ1v) is 12.9. The summed E-state index contributed by atoms with van der Waals surface area (Å²) in [6, 6.07) is 25.6. The Labute approximate surface area is 219 Å². The Hall–Kier alpha value is -3.64. The molecule has 5 nitrogen and oxygen atoms in total. The molecule has 184 valence electrons. The molecule has 1 saturated heterocycles. The number of para-hydroxylation sites is 1. The summed E-state index contributed by atoms with van der Waals surface area (Å²) in [6.07, 6.45) is 2.84. The van der Waals surface area contributed by atoms with Crippen molar-refractivity contribution in [2.75, 3.05) is 23.9 Å². The van der Waals surface area contributed by atoms with Crippen molar-refractivity contribution in [2.24, 2.45) is 0 Å². The molecule has 2 aromatic heterocycles. The molecule has 0 saturated carbocycles. The molecule has 2 aromatic carbocycles. The topological polar surface area (TPSA) is 36.3 Å². The third-order valence-corrected chi connectivity index (χ3v) is 7.46. The average molecular weight is 496 g/mol. The molecule has 1 aliphatic heterocycles. The minimum Gasteiger partial charge on any atom is -0.378 e. The van der Waals surface area contributed by atoms with E-state index < -0.39 is 0 Å². The zero-order chi connectivity index (χ0) is 25.4. The molecule has 0 radical (unpaired) electrons. The highest BCUT2D eigenvalue weighted by atomic mass is 32.1. The Bertz CT molecular complexity index is 1370. The van der Waals surface area contributed by atoms with E-state index >= 15 is 0 Å². The van der Waals surface area contributed by atoms with Gasteiger partial charge in [0.05, 0.1) is 17.8 Å². The van der Waals surface area contributed by atoms with E-state index in [4.69, 9.17) is 17.2 Å². The van der Waals surface area contributed by atoms with Crippen molar-refractivity contribution in [3.8, 4) is 5.69 Å². The molecule has 6 heteroatoms. The van der Waals surface area contributed by atoms with Crippen LogP contribution in [0.4, 0.5) is 11.4 Å². The van der Waals surface area contributed by atoms with Gasteiger partial charge in [0.1, 0.15) is 0 Å². The van der Waals surface area contributed by atoms with E-state index in [2.05, 4.69) is 115 Å². The number of nitrogens with one attached hydrogen (secondary N) is 1. The molecule has 0 unspecified atom stereocenters. The van der Waals surface area contributed by atoms with Gasteiger partial charge in [0.15, 0.2) is 5.11 Å². The fourth-order valence-corrected chi connectivity index (χ4v) is 5.69. The zero-order valence-corrected chi connectivity index (χ0v) is 22.4. The van der Waals surface area contributed by atoms with E-state index in [0.717, 1.165) is 23.5 Å². The molecule has 1 N–H and O–H groups in total. The third kappa shape index (κ3) is 4.16. The van der Waals surface area contributed by atoms with Crippen LogP contribution >= 0.6 is 12.2 Å². The second-order valence-corrected chi connectivity index (χ2v) is 9.94. The lowest BCUT2D eigenvalue weighted by atomic mass is 9.96. The van der Waals surface area contributed by atoms with Gasteiger partial charge in [-0.25, -0.2) is 0 Å². The molecule has 0 aliphatic carbocycles. The van der Waals surface area contributed by atoms with Crippen molar-refractivity contribution < 1.29 is 0 Å². The van der Waals surface area contributed by atoms with Crippen molar-refractivity contribution in [1.82, 2.24) is 14.9 Å². The molecule has 2 atom stereocenters. The van der Waals surface area contributed by atoms with Crippen molar-refractivity contribution in [2.45, 2.75) is 39.3 Å². The zero-order valence-electron chi connectivity index (χ0n) is 21.6. The number of nitrogens with zero attached hydrogens (tertiary/aromatic N) is 4. The van der Waals surface area contributed by atoms with E-state index in [1.54, 1.807) is 0 Å². The lowest BCUT2D eigenvalue weighted by molar-refractivity contribution is 0.565. The van der Waals surface area contributed by atoms with Crippen LogP contribution in [0.25, 0.3) is 5.69 Å². The minimum atomic E-state index is -0.0670. The second-order valence-electron chi connectivity index (χ2n) is 9.55. The average Bonchev–Trinajstić information content (AvgIpc) is 3.39. The number of aromatic nitrogens is 2. The van der Waals surface area contributed by atoms with Gasteiger partial charge in [0.2, 0.25) is 0 Å². The van der Waals surface area contributed by atoms with Crippen LogP contribution in [0.5, 0.6) is 0 Å². The molecular weight excluding hydrogens is 462 g/mol. The summed E-state index contributed by atoms with van der Waals surface area (Å²) in [7, 11) is 4.11. The van der Waals surface area contributed by atoms with Gasteiger partial charge in [-0.1, -0.05) is 31.2 Å². The monoisotopic (exact) mass is 495 g/mol. The quantitative estimate of drug-likeness (QED) is 0.318. The van der Waals surface area contributed by atoms with Crippen LogP contribution in [0.2, 0.25) is 0 Å². The number of aryl methyl sites for hydroxylation is 2. The van der Waals surface area contributed by atoms with E-state index in [0.29, 0.717) is 5.11 Å². The summed E-state index contributed by atoms with van der Waals surface area (Å²) in [5.41, 5.74) is 9.47. The van der Waals surface area contributed by atoms with Crippen LogP contribution in [0.15, 0.2) is 79.0 Å².